The molecule has 1 aromatic heterocycles. The average molecular weight is 782 g/mol. The lowest BCUT2D eigenvalue weighted by Crippen LogP contribution is -2.35. The van der Waals surface area contributed by atoms with Crippen LogP contribution in [0.3, 0.4) is 0 Å². The van der Waals surface area contributed by atoms with Crippen molar-refractivity contribution >= 4 is 91.5 Å². The van der Waals surface area contributed by atoms with Gasteiger partial charge in [-0.3, -0.25) is 19.3 Å². The van der Waals surface area contributed by atoms with Crippen molar-refractivity contribution in [3.63, 3.8) is 0 Å². The van der Waals surface area contributed by atoms with Crippen molar-refractivity contribution in [2.45, 2.75) is 0 Å². The zero-order valence-corrected chi connectivity index (χ0v) is 31.4. The van der Waals surface area contributed by atoms with Gasteiger partial charge in [-0.1, -0.05) is 133 Å². The first-order valence-corrected chi connectivity index (χ1v) is 18.9. The Kier molecular flexibility index (Phi) is 11.0. The number of carboxylic acids is 1. The number of aromatic nitrogens is 1. The van der Waals surface area contributed by atoms with E-state index < -0.39 is 29.9 Å². The van der Waals surface area contributed by atoms with Crippen LogP contribution >= 0.6 is 35.3 Å². The fraction of sp³-hybridized carbons (Fsp3) is 0.0233. The largest absolute Gasteiger partial charge is 0.480 e. The highest BCUT2D eigenvalue weighted by Gasteiger charge is 2.35. The van der Waals surface area contributed by atoms with E-state index in [-0.39, 0.29) is 18.4 Å². The third-order valence-corrected chi connectivity index (χ3v) is 11.3. The SMILES string of the molecule is C=C(OO)n1c(=C2SC(=S)N(CC(=O)O)C2=O)sc(=CC=Cc2ccc(N(c3ccc(-c4ccccc4)cc3)c3ccc(-c4ccccc4)cc3)cc2)c1=O. The van der Waals surface area contributed by atoms with Crippen molar-refractivity contribution in [1.82, 2.24) is 9.47 Å². The molecule has 272 valence electrons. The zero-order valence-electron chi connectivity index (χ0n) is 28.9. The predicted molar refractivity (Wildman–Crippen MR) is 225 cm³/mol. The number of rotatable bonds is 11. The molecule has 9 nitrogen and oxygen atoms in total. The van der Waals surface area contributed by atoms with E-state index >= 15 is 0 Å². The molecule has 0 spiro atoms. The summed E-state index contributed by atoms with van der Waals surface area (Å²) in [7, 11) is 0. The molecule has 55 heavy (non-hydrogen) atoms. The Morgan fingerprint density at radius 2 is 1.25 bits per heavy atom. The molecule has 2 heterocycles. The number of hydrogen-bond donors (Lipinski definition) is 2. The molecule has 0 radical (unpaired) electrons. The minimum Gasteiger partial charge on any atom is -0.480 e. The summed E-state index contributed by atoms with van der Waals surface area (Å²) < 4.78 is 1.31. The molecular weight excluding hydrogens is 751 g/mol. The number of thioether (sulfide) groups is 1. The average Bonchev–Trinajstić information content (AvgIpc) is 3.69. The number of thiazole rings is 1. The Morgan fingerprint density at radius 3 is 1.75 bits per heavy atom. The number of benzene rings is 5. The van der Waals surface area contributed by atoms with Crippen molar-refractivity contribution in [3.8, 4) is 22.3 Å². The Morgan fingerprint density at radius 1 is 0.764 bits per heavy atom. The summed E-state index contributed by atoms with van der Waals surface area (Å²) in [5, 5.41) is 18.5. The number of carboxylic acid groups (broad SMARTS) is 1. The summed E-state index contributed by atoms with van der Waals surface area (Å²) in [6.45, 7) is 2.95. The Balaban J connectivity index is 1.20. The van der Waals surface area contributed by atoms with E-state index in [1.54, 1.807) is 12.2 Å². The van der Waals surface area contributed by atoms with Crippen LogP contribution in [0.4, 0.5) is 17.1 Å². The molecule has 5 aromatic carbocycles. The van der Waals surface area contributed by atoms with Gasteiger partial charge in [0.05, 0.1) is 4.53 Å². The van der Waals surface area contributed by atoms with Gasteiger partial charge in [0.15, 0.2) is 0 Å². The number of thiocarbonyl (C=S) groups is 1. The van der Waals surface area contributed by atoms with E-state index in [0.717, 1.165) is 77.4 Å². The molecule has 12 heteroatoms. The smallest absolute Gasteiger partial charge is 0.323 e. The molecule has 1 saturated heterocycles. The van der Waals surface area contributed by atoms with Crippen LogP contribution in [-0.2, 0) is 14.5 Å². The highest BCUT2D eigenvalue weighted by atomic mass is 32.2. The molecule has 2 N–H and O–H groups in total. The fourth-order valence-electron chi connectivity index (χ4n) is 6.01. The molecule has 1 amide bonds. The second kappa shape index (κ2) is 16.4. The third kappa shape index (κ3) is 7.98. The minimum absolute atomic E-state index is 0.0275. The maximum atomic E-state index is 13.4. The highest BCUT2D eigenvalue weighted by Crippen LogP contribution is 2.37. The van der Waals surface area contributed by atoms with E-state index in [2.05, 4.69) is 89.2 Å². The number of carbonyl (C=O) groups is 2. The molecule has 6 aromatic rings. The van der Waals surface area contributed by atoms with Gasteiger partial charge in [0.25, 0.3) is 11.5 Å². The van der Waals surface area contributed by atoms with Crippen LogP contribution in [-0.4, -0.2) is 42.6 Å². The van der Waals surface area contributed by atoms with Crippen molar-refractivity contribution in [2.24, 2.45) is 0 Å². The van der Waals surface area contributed by atoms with Gasteiger partial charge in [0.2, 0.25) is 5.88 Å². The fourth-order valence-corrected chi connectivity index (χ4v) is 8.46. The van der Waals surface area contributed by atoms with E-state index in [9.17, 15) is 24.7 Å². The minimum atomic E-state index is -1.24. The first-order chi connectivity index (χ1) is 26.7. The quantitative estimate of drug-likeness (QED) is 0.0582. The topological polar surface area (TPSA) is 112 Å². The molecule has 0 unspecified atom stereocenters. The van der Waals surface area contributed by atoms with Gasteiger partial charge in [-0.05, 0) is 76.9 Å². The van der Waals surface area contributed by atoms with Crippen molar-refractivity contribution in [2.75, 3.05) is 11.4 Å². The maximum Gasteiger partial charge on any atom is 0.323 e. The molecule has 1 aliphatic heterocycles. The van der Waals surface area contributed by atoms with E-state index in [4.69, 9.17) is 12.2 Å². The Hall–Kier alpha value is -6.31. The van der Waals surface area contributed by atoms with Gasteiger partial charge >= 0.3 is 5.97 Å². The van der Waals surface area contributed by atoms with Gasteiger partial charge < -0.3 is 14.9 Å². The van der Waals surface area contributed by atoms with Crippen LogP contribution in [0.25, 0.3) is 45.2 Å². The predicted octanol–water partition coefficient (Wildman–Crippen LogP) is 8.18. The van der Waals surface area contributed by atoms with E-state index in [0.29, 0.717) is 0 Å². The second-order valence-electron chi connectivity index (χ2n) is 12.2. The summed E-state index contributed by atoms with van der Waals surface area (Å²) in [5.74, 6) is -2.33. The number of carbonyl (C=O) groups excluding carboxylic acids is 1. The van der Waals surface area contributed by atoms with Crippen LogP contribution in [0.5, 0.6) is 0 Å². The molecule has 1 aliphatic rings. The van der Waals surface area contributed by atoms with Gasteiger partial charge in [-0.15, -0.1) is 11.3 Å². The van der Waals surface area contributed by atoms with Gasteiger partial charge in [0.1, 0.15) is 20.4 Å². The van der Waals surface area contributed by atoms with Crippen LogP contribution in [0, 0.1) is 0 Å². The molecule has 0 saturated carbocycles. The third-order valence-electron chi connectivity index (χ3n) is 8.67. The van der Waals surface area contributed by atoms with Crippen LogP contribution in [0.2, 0.25) is 0 Å². The molecule has 0 bridgehead atoms. The van der Waals surface area contributed by atoms with Crippen molar-refractivity contribution < 1.29 is 24.8 Å². The monoisotopic (exact) mass is 781 g/mol. The normalized spacial score (nSPS) is 14.1. The lowest BCUT2D eigenvalue weighted by atomic mass is 10.0. The molecule has 0 atom stereocenters. The van der Waals surface area contributed by atoms with Crippen LogP contribution < -0.4 is 19.7 Å². The molecule has 0 aliphatic carbocycles. The summed E-state index contributed by atoms with van der Waals surface area (Å²) in [6.07, 6.45) is 5.12. The number of amides is 1. The standard InChI is InChI=1S/C43H31N3O6S3/c1-28(52-51)45-40(49)37(54-42(45)39-41(50)44(27-38(47)48)43(53)55-39)14-8-9-29-15-21-34(22-16-29)46(35-23-17-32(18-24-35)30-10-4-2-5-11-30)36-25-19-33(20-26-36)31-12-6-3-7-13-31/h2-26,51H,1,27H2,(H,47,48). The van der Waals surface area contributed by atoms with E-state index in [1.165, 1.54) is 0 Å². The van der Waals surface area contributed by atoms with Gasteiger partial charge in [0, 0.05) is 17.1 Å². The first-order valence-electron chi connectivity index (χ1n) is 16.8. The van der Waals surface area contributed by atoms with Gasteiger partial charge in [-0.25, -0.2) is 9.82 Å². The summed E-state index contributed by atoms with van der Waals surface area (Å²) in [6, 6.07) is 45.4. The van der Waals surface area contributed by atoms with Crippen molar-refractivity contribution in [1.29, 1.82) is 0 Å². The van der Waals surface area contributed by atoms with Crippen LogP contribution in [0.1, 0.15) is 5.56 Å². The number of aliphatic carboxylic acids is 1. The number of anilines is 3. The number of hydrogen-bond acceptors (Lipinski definition) is 9. The molecular formula is C43H31N3O6S3. The van der Waals surface area contributed by atoms with Gasteiger partial charge in [-0.2, -0.15) is 0 Å². The van der Waals surface area contributed by atoms with E-state index in [1.807, 2.05) is 66.7 Å². The lowest BCUT2D eigenvalue weighted by Gasteiger charge is -2.26. The molecule has 7 rings (SSSR count). The summed E-state index contributed by atoms with van der Waals surface area (Å²) in [5.41, 5.74) is 7.72. The number of allylic oxidation sites excluding steroid dienone is 1. The summed E-state index contributed by atoms with van der Waals surface area (Å²) >= 11 is 7.04. The van der Waals surface area contributed by atoms with Crippen LogP contribution in [0.15, 0.2) is 151 Å². The summed E-state index contributed by atoms with van der Waals surface area (Å²) in [4.78, 5) is 45.2. The Labute approximate surface area is 329 Å². The number of nitrogens with zero attached hydrogens (tertiary/aromatic N) is 3. The zero-order chi connectivity index (χ0) is 38.5. The second-order valence-corrected chi connectivity index (χ2v) is 14.8. The first kappa shape index (κ1) is 37.0. The molecule has 1 fully saturated rings. The highest BCUT2D eigenvalue weighted by molar-refractivity contribution is 8.30. The van der Waals surface area contributed by atoms with Crippen molar-refractivity contribution in [3.05, 3.63) is 171 Å². The maximum absolute atomic E-state index is 13.4. The Bertz CT molecular complexity index is 2540. The lowest BCUT2D eigenvalue weighted by molar-refractivity contribution is -0.176.